The quantitative estimate of drug-likeness (QED) is 0.766. The fraction of sp³-hybridized carbons (Fsp3) is 0.522. The Kier molecular flexibility index (Phi) is 5.74. The van der Waals surface area contributed by atoms with E-state index in [1.165, 1.54) is 37.7 Å². The first kappa shape index (κ1) is 18.5. The van der Waals surface area contributed by atoms with Crippen LogP contribution in [-0.4, -0.2) is 34.7 Å². The number of aliphatic hydroxyl groups excluding tert-OH is 1. The predicted molar refractivity (Wildman–Crippen MR) is 106 cm³/mol. The maximum Gasteiger partial charge on any atom is 0.130 e. The molecule has 1 aliphatic heterocycles. The number of nitrogens with zero attached hydrogens (tertiary/aromatic N) is 2. The van der Waals surface area contributed by atoms with Crippen molar-refractivity contribution in [1.82, 2.24) is 9.88 Å². The summed E-state index contributed by atoms with van der Waals surface area (Å²) < 4.78 is 5.92. The van der Waals surface area contributed by atoms with Crippen LogP contribution in [0.1, 0.15) is 43.4 Å². The highest BCUT2D eigenvalue weighted by atomic mass is 16.5. The lowest BCUT2D eigenvalue weighted by Crippen LogP contribution is -2.45. The summed E-state index contributed by atoms with van der Waals surface area (Å²) in [6.45, 7) is 3.87. The average Bonchev–Trinajstić information content (AvgIpc) is 3.51. The molecule has 144 valence electrons. The van der Waals surface area contributed by atoms with Crippen molar-refractivity contribution in [2.45, 2.75) is 45.3 Å². The van der Waals surface area contributed by atoms with Gasteiger partial charge in [-0.05, 0) is 61.6 Å². The van der Waals surface area contributed by atoms with Crippen LogP contribution in [0.2, 0.25) is 0 Å². The number of rotatable bonds is 8. The molecule has 1 saturated carbocycles. The van der Waals surface area contributed by atoms with Gasteiger partial charge in [-0.3, -0.25) is 9.88 Å². The van der Waals surface area contributed by atoms with E-state index >= 15 is 0 Å². The van der Waals surface area contributed by atoms with Crippen LogP contribution >= 0.6 is 0 Å². The van der Waals surface area contributed by atoms with E-state index in [2.05, 4.69) is 28.1 Å². The molecule has 2 aromatic rings. The van der Waals surface area contributed by atoms with Crippen LogP contribution in [0.5, 0.6) is 5.75 Å². The highest BCUT2D eigenvalue weighted by Crippen LogP contribution is 2.44. The molecule has 4 rings (SSSR count). The van der Waals surface area contributed by atoms with Gasteiger partial charge in [0.1, 0.15) is 12.4 Å². The Morgan fingerprint density at radius 3 is 2.89 bits per heavy atom. The van der Waals surface area contributed by atoms with Crippen LogP contribution in [0.3, 0.4) is 0 Å². The van der Waals surface area contributed by atoms with Crippen LogP contribution in [0, 0.1) is 11.3 Å². The van der Waals surface area contributed by atoms with Crippen molar-refractivity contribution in [3.8, 4) is 5.75 Å². The standard InChI is InChI=1S/C23H30N2O2/c26-18-23(14-19-8-9-19)10-4-12-25(17-23)15-20-5-3-7-22(13-20)27-16-21-6-1-2-11-24-21/h1-3,5-7,11,13,19,26H,4,8-10,12,14-18H2/t23-/m1/s1. The third-order valence-corrected chi connectivity index (χ3v) is 5.91. The highest BCUT2D eigenvalue weighted by Gasteiger charge is 2.39. The minimum absolute atomic E-state index is 0.118. The molecule has 1 saturated heterocycles. The minimum Gasteiger partial charge on any atom is -0.487 e. The molecule has 27 heavy (non-hydrogen) atoms. The van der Waals surface area contributed by atoms with Crippen LogP contribution in [0.4, 0.5) is 0 Å². The summed E-state index contributed by atoms with van der Waals surface area (Å²) in [5.41, 5.74) is 2.33. The second-order valence-electron chi connectivity index (χ2n) is 8.38. The lowest BCUT2D eigenvalue weighted by atomic mass is 9.76. The molecule has 0 unspecified atom stereocenters. The second-order valence-corrected chi connectivity index (χ2v) is 8.38. The van der Waals surface area contributed by atoms with Gasteiger partial charge in [0.05, 0.1) is 5.69 Å². The lowest BCUT2D eigenvalue weighted by molar-refractivity contribution is 0.0180. The van der Waals surface area contributed by atoms with E-state index in [-0.39, 0.29) is 5.41 Å². The van der Waals surface area contributed by atoms with Crippen molar-refractivity contribution in [2.75, 3.05) is 19.7 Å². The smallest absolute Gasteiger partial charge is 0.130 e. The Bertz CT molecular complexity index is 732. The summed E-state index contributed by atoms with van der Waals surface area (Å²) in [7, 11) is 0. The van der Waals surface area contributed by atoms with E-state index < -0.39 is 0 Å². The maximum absolute atomic E-state index is 10.1. The van der Waals surface area contributed by atoms with E-state index in [9.17, 15) is 5.11 Å². The van der Waals surface area contributed by atoms with Crippen molar-refractivity contribution < 1.29 is 9.84 Å². The van der Waals surface area contributed by atoms with E-state index in [1.54, 1.807) is 6.20 Å². The largest absolute Gasteiger partial charge is 0.487 e. The fourth-order valence-corrected chi connectivity index (χ4v) is 4.37. The Balaban J connectivity index is 1.35. The number of likely N-dealkylation sites (tertiary alicyclic amines) is 1. The Morgan fingerprint density at radius 2 is 2.11 bits per heavy atom. The van der Waals surface area contributed by atoms with Gasteiger partial charge in [0, 0.05) is 31.3 Å². The van der Waals surface area contributed by atoms with Crippen molar-refractivity contribution >= 4 is 0 Å². The highest BCUT2D eigenvalue weighted by molar-refractivity contribution is 5.28. The summed E-state index contributed by atoms with van der Waals surface area (Å²) in [4.78, 5) is 6.82. The third kappa shape index (κ3) is 5.08. The molecule has 0 spiro atoms. The van der Waals surface area contributed by atoms with Crippen LogP contribution in [0.25, 0.3) is 0 Å². The number of aliphatic hydroxyl groups is 1. The molecule has 1 N–H and O–H groups in total. The average molecular weight is 367 g/mol. The number of pyridine rings is 1. The molecule has 0 amide bonds. The van der Waals surface area contributed by atoms with Gasteiger partial charge in [0.2, 0.25) is 0 Å². The normalized spacial score (nSPS) is 23.3. The summed E-state index contributed by atoms with van der Waals surface area (Å²) >= 11 is 0. The van der Waals surface area contributed by atoms with Gasteiger partial charge in [-0.1, -0.05) is 31.0 Å². The van der Waals surface area contributed by atoms with Gasteiger partial charge in [-0.15, -0.1) is 0 Å². The van der Waals surface area contributed by atoms with E-state index in [0.717, 1.165) is 37.0 Å². The maximum atomic E-state index is 10.1. The third-order valence-electron chi connectivity index (χ3n) is 5.91. The first-order valence-corrected chi connectivity index (χ1v) is 10.2. The second kappa shape index (κ2) is 8.41. The monoisotopic (exact) mass is 366 g/mol. The molecule has 1 aromatic heterocycles. The van der Waals surface area contributed by atoms with Crippen LogP contribution in [0.15, 0.2) is 48.7 Å². The molecule has 0 radical (unpaired) electrons. The molecular formula is C23H30N2O2. The van der Waals surface area contributed by atoms with Crippen LogP contribution < -0.4 is 4.74 Å². The number of hydrogen-bond acceptors (Lipinski definition) is 4. The van der Waals surface area contributed by atoms with E-state index in [0.29, 0.717) is 13.2 Å². The first-order chi connectivity index (χ1) is 13.2. The van der Waals surface area contributed by atoms with Gasteiger partial charge in [-0.2, -0.15) is 0 Å². The molecule has 1 aromatic carbocycles. The number of benzene rings is 1. The zero-order valence-corrected chi connectivity index (χ0v) is 16.0. The summed E-state index contributed by atoms with van der Waals surface area (Å²) in [6.07, 6.45) is 8.06. The van der Waals surface area contributed by atoms with Gasteiger partial charge >= 0.3 is 0 Å². The molecule has 2 heterocycles. The van der Waals surface area contributed by atoms with Crippen LogP contribution in [-0.2, 0) is 13.2 Å². The van der Waals surface area contributed by atoms with E-state index in [4.69, 9.17) is 4.74 Å². The fourth-order valence-electron chi connectivity index (χ4n) is 4.37. The Labute approximate surface area is 162 Å². The topological polar surface area (TPSA) is 45.6 Å². The summed E-state index contributed by atoms with van der Waals surface area (Å²) in [6, 6.07) is 14.3. The molecule has 1 atom stereocenters. The minimum atomic E-state index is 0.118. The predicted octanol–water partition coefficient (Wildman–Crippen LogP) is 4.04. The number of piperidine rings is 1. The van der Waals surface area contributed by atoms with E-state index in [1.807, 2.05) is 24.3 Å². The first-order valence-electron chi connectivity index (χ1n) is 10.2. The molecule has 2 aliphatic rings. The number of aromatic nitrogens is 1. The van der Waals surface area contributed by atoms with Gasteiger partial charge < -0.3 is 9.84 Å². The van der Waals surface area contributed by atoms with Crippen molar-refractivity contribution in [3.05, 3.63) is 59.9 Å². The van der Waals surface area contributed by atoms with Crippen molar-refractivity contribution in [1.29, 1.82) is 0 Å². The van der Waals surface area contributed by atoms with Gasteiger partial charge in [-0.25, -0.2) is 0 Å². The Morgan fingerprint density at radius 1 is 1.19 bits per heavy atom. The molecule has 4 heteroatoms. The van der Waals surface area contributed by atoms with Crippen molar-refractivity contribution in [2.24, 2.45) is 11.3 Å². The van der Waals surface area contributed by atoms with Crippen molar-refractivity contribution in [3.63, 3.8) is 0 Å². The van der Waals surface area contributed by atoms with Gasteiger partial charge in [0.25, 0.3) is 0 Å². The molecule has 4 nitrogen and oxygen atoms in total. The van der Waals surface area contributed by atoms with Gasteiger partial charge in [0.15, 0.2) is 0 Å². The molecular weight excluding hydrogens is 336 g/mol. The zero-order valence-electron chi connectivity index (χ0n) is 16.0. The summed E-state index contributed by atoms with van der Waals surface area (Å²) in [5.74, 6) is 1.75. The molecule has 0 bridgehead atoms. The number of ether oxygens (including phenoxy) is 1. The molecule has 1 aliphatic carbocycles. The molecule has 2 fully saturated rings. The Hall–Kier alpha value is -1.91. The lowest BCUT2D eigenvalue weighted by Gasteiger charge is -2.42. The SMILES string of the molecule is OC[C@@]1(CC2CC2)CCCN(Cc2cccc(OCc3ccccn3)c2)C1. The zero-order chi connectivity index (χ0) is 18.5. The number of hydrogen-bond donors (Lipinski definition) is 1. The summed E-state index contributed by atoms with van der Waals surface area (Å²) in [5, 5.41) is 10.1.